The molecule has 0 bridgehead atoms. The van der Waals surface area contributed by atoms with Gasteiger partial charge >= 0.3 is 0 Å². The number of fused-ring (bicyclic) bond motifs is 4. The zero-order valence-electron chi connectivity index (χ0n) is 10.6. The lowest BCUT2D eigenvalue weighted by molar-refractivity contribution is 0.0973. The zero-order valence-corrected chi connectivity index (χ0v) is 10.6. The molecule has 3 aromatic rings. The molecule has 8 nitrogen and oxygen atoms in total. The Labute approximate surface area is 117 Å². The van der Waals surface area contributed by atoms with Crippen LogP contribution >= 0.6 is 0 Å². The van der Waals surface area contributed by atoms with E-state index in [9.17, 15) is 9.59 Å². The van der Waals surface area contributed by atoms with Gasteiger partial charge in [0.15, 0.2) is 5.78 Å². The molecule has 2 aromatic heterocycles. The van der Waals surface area contributed by atoms with Gasteiger partial charge in [-0.3, -0.25) is 9.59 Å². The highest BCUT2D eigenvalue weighted by Gasteiger charge is 2.35. The molecule has 4 rings (SSSR count). The molecule has 8 heteroatoms. The van der Waals surface area contributed by atoms with E-state index in [0.29, 0.717) is 11.1 Å². The van der Waals surface area contributed by atoms with Gasteiger partial charge in [0.25, 0.3) is 5.78 Å². The number of hydrogen-bond acceptors (Lipinski definition) is 7. The molecule has 0 saturated heterocycles. The van der Waals surface area contributed by atoms with Gasteiger partial charge in [0.05, 0.1) is 5.56 Å². The number of nitrogen functional groups attached to an aromatic ring is 2. The number of ketones is 2. The first-order valence-electron chi connectivity index (χ1n) is 6.08. The highest BCUT2D eigenvalue weighted by molar-refractivity contribution is 6.29. The molecule has 0 amide bonds. The van der Waals surface area contributed by atoms with Gasteiger partial charge in [0.2, 0.25) is 11.7 Å². The maximum Gasteiger partial charge on any atom is 0.256 e. The van der Waals surface area contributed by atoms with E-state index < -0.39 is 0 Å². The van der Waals surface area contributed by atoms with E-state index in [-0.39, 0.29) is 40.4 Å². The van der Waals surface area contributed by atoms with Crippen LogP contribution in [0.1, 0.15) is 32.0 Å². The van der Waals surface area contributed by atoms with Crippen LogP contribution < -0.4 is 11.5 Å². The minimum absolute atomic E-state index is 0.0381. The lowest BCUT2D eigenvalue weighted by atomic mass is 9.87. The van der Waals surface area contributed by atoms with E-state index in [2.05, 4.69) is 15.1 Å². The summed E-state index contributed by atoms with van der Waals surface area (Å²) in [6.45, 7) is 0. The Morgan fingerprint density at radius 1 is 0.952 bits per heavy atom. The van der Waals surface area contributed by atoms with Gasteiger partial charge in [-0.15, -0.1) is 5.10 Å². The van der Waals surface area contributed by atoms with Crippen molar-refractivity contribution in [3.63, 3.8) is 0 Å². The summed E-state index contributed by atoms with van der Waals surface area (Å²) in [6.07, 6.45) is 0. The normalized spacial score (nSPS) is 13.3. The fraction of sp³-hybridized carbons (Fsp3) is 0. The van der Waals surface area contributed by atoms with Crippen LogP contribution in [0.4, 0.5) is 11.8 Å². The Morgan fingerprint density at radius 3 is 2.33 bits per heavy atom. The van der Waals surface area contributed by atoms with Gasteiger partial charge in [-0.25, -0.2) is 0 Å². The Morgan fingerprint density at radius 2 is 1.62 bits per heavy atom. The topological polar surface area (TPSA) is 129 Å². The van der Waals surface area contributed by atoms with E-state index in [1.54, 1.807) is 24.3 Å². The summed E-state index contributed by atoms with van der Waals surface area (Å²) in [7, 11) is 0. The largest absolute Gasteiger partial charge is 0.383 e. The van der Waals surface area contributed by atoms with E-state index in [4.69, 9.17) is 11.5 Å². The van der Waals surface area contributed by atoms with Gasteiger partial charge in [-0.1, -0.05) is 24.3 Å². The molecule has 102 valence electrons. The van der Waals surface area contributed by atoms with Gasteiger partial charge < -0.3 is 11.5 Å². The molecule has 1 aliphatic rings. The molecule has 0 aliphatic heterocycles. The molecule has 4 N–H and O–H groups in total. The molecular weight excluding hydrogens is 272 g/mol. The van der Waals surface area contributed by atoms with Crippen molar-refractivity contribution in [2.45, 2.75) is 0 Å². The fourth-order valence-corrected chi connectivity index (χ4v) is 2.51. The second kappa shape index (κ2) is 3.63. The number of rotatable bonds is 0. The summed E-state index contributed by atoms with van der Waals surface area (Å²) in [6, 6.07) is 6.54. The summed E-state index contributed by atoms with van der Waals surface area (Å²) in [5.41, 5.74) is 12.0. The minimum atomic E-state index is -0.360. The quantitative estimate of drug-likeness (QED) is 0.466. The molecular formula is C13H8N6O2. The predicted molar refractivity (Wildman–Crippen MR) is 72.9 cm³/mol. The third kappa shape index (κ3) is 1.35. The van der Waals surface area contributed by atoms with Crippen LogP contribution in [0.25, 0.3) is 5.78 Å². The predicted octanol–water partition coefficient (Wildman–Crippen LogP) is 0.0641. The average Bonchev–Trinajstić information content (AvgIpc) is 2.83. The number of anilines is 2. The lowest BCUT2D eigenvalue weighted by Gasteiger charge is -2.18. The molecule has 2 heterocycles. The summed E-state index contributed by atoms with van der Waals surface area (Å²) < 4.78 is 1.16. The summed E-state index contributed by atoms with van der Waals surface area (Å²) in [5, 5.41) is 3.92. The molecule has 0 fully saturated rings. The number of nitrogens with two attached hydrogens (primary N) is 2. The lowest BCUT2D eigenvalue weighted by Crippen LogP contribution is -2.26. The SMILES string of the molecule is Nc1nc2nc(N)c3c(n2n1)C(=O)c1ccccc1C3=O. The average molecular weight is 280 g/mol. The summed E-state index contributed by atoms with van der Waals surface area (Å²) in [5.74, 6) is -0.734. The number of benzene rings is 1. The molecule has 0 atom stereocenters. The molecule has 0 saturated carbocycles. The maximum atomic E-state index is 12.7. The Kier molecular flexibility index (Phi) is 1.99. The van der Waals surface area contributed by atoms with Crippen molar-refractivity contribution in [3.05, 3.63) is 46.6 Å². The molecule has 0 radical (unpaired) electrons. The van der Waals surface area contributed by atoms with Crippen molar-refractivity contribution in [2.75, 3.05) is 11.5 Å². The zero-order chi connectivity index (χ0) is 14.7. The number of aromatic nitrogens is 4. The van der Waals surface area contributed by atoms with Gasteiger partial charge in [-0.2, -0.15) is 14.5 Å². The highest BCUT2D eigenvalue weighted by atomic mass is 16.1. The van der Waals surface area contributed by atoms with Crippen molar-refractivity contribution in [2.24, 2.45) is 0 Å². The molecule has 21 heavy (non-hydrogen) atoms. The van der Waals surface area contributed by atoms with Crippen LogP contribution in [0.2, 0.25) is 0 Å². The minimum Gasteiger partial charge on any atom is -0.383 e. The monoisotopic (exact) mass is 280 g/mol. The van der Waals surface area contributed by atoms with E-state index in [1.165, 1.54) is 0 Å². The number of nitrogens with zero attached hydrogens (tertiary/aromatic N) is 4. The van der Waals surface area contributed by atoms with Crippen molar-refractivity contribution in [1.29, 1.82) is 0 Å². The van der Waals surface area contributed by atoms with Crippen molar-refractivity contribution in [3.8, 4) is 0 Å². The summed E-state index contributed by atoms with van der Waals surface area (Å²) in [4.78, 5) is 33.1. The maximum absolute atomic E-state index is 12.7. The third-order valence-corrected chi connectivity index (χ3v) is 3.39. The van der Waals surface area contributed by atoms with Crippen LogP contribution in [0.3, 0.4) is 0 Å². The van der Waals surface area contributed by atoms with E-state index >= 15 is 0 Å². The summed E-state index contributed by atoms with van der Waals surface area (Å²) >= 11 is 0. The van der Waals surface area contributed by atoms with Crippen LogP contribution in [0.15, 0.2) is 24.3 Å². The molecule has 1 aliphatic carbocycles. The van der Waals surface area contributed by atoms with Crippen LogP contribution in [0.5, 0.6) is 0 Å². The highest BCUT2D eigenvalue weighted by Crippen LogP contribution is 2.30. The first-order chi connectivity index (χ1) is 10.1. The van der Waals surface area contributed by atoms with E-state index in [0.717, 1.165) is 4.52 Å². The first kappa shape index (κ1) is 11.5. The second-order valence-corrected chi connectivity index (χ2v) is 4.61. The van der Waals surface area contributed by atoms with Crippen LogP contribution in [-0.4, -0.2) is 31.1 Å². The van der Waals surface area contributed by atoms with Crippen molar-refractivity contribution >= 4 is 29.1 Å². The fourth-order valence-electron chi connectivity index (χ4n) is 2.51. The number of hydrogen-bond donors (Lipinski definition) is 2. The Bertz CT molecular complexity index is 959. The van der Waals surface area contributed by atoms with Crippen LogP contribution in [-0.2, 0) is 0 Å². The third-order valence-electron chi connectivity index (χ3n) is 3.39. The molecule has 0 unspecified atom stereocenters. The van der Waals surface area contributed by atoms with Gasteiger partial charge in [0, 0.05) is 11.1 Å². The standard InChI is InChI=1S/C13H8N6O2/c14-11-7-8(19-13(16-11)17-12(15)18-19)10(21)6-4-2-1-3-5(6)9(7)20/h1-4H,(H4,14,15,16,17,18). The Balaban J connectivity index is 2.17. The van der Waals surface area contributed by atoms with Crippen molar-refractivity contribution < 1.29 is 9.59 Å². The smallest absolute Gasteiger partial charge is 0.256 e. The molecule has 0 spiro atoms. The number of carbonyl (C=O) groups excluding carboxylic acids is 2. The van der Waals surface area contributed by atoms with Crippen molar-refractivity contribution in [1.82, 2.24) is 19.6 Å². The number of carbonyl (C=O) groups is 2. The Hall–Kier alpha value is -3.29. The first-order valence-corrected chi connectivity index (χ1v) is 6.08. The van der Waals surface area contributed by atoms with E-state index in [1.807, 2.05) is 0 Å². The van der Waals surface area contributed by atoms with Gasteiger partial charge in [0.1, 0.15) is 11.5 Å². The van der Waals surface area contributed by atoms with Gasteiger partial charge in [-0.05, 0) is 0 Å². The molecule has 1 aromatic carbocycles. The van der Waals surface area contributed by atoms with Crippen LogP contribution in [0, 0.1) is 0 Å². The second-order valence-electron chi connectivity index (χ2n) is 4.61.